The first-order valence-corrected chi connectivity index (χ1v) is 6.39. The summed E-state index contributed by atoms with van der Waals surface area (Å²) in [5.74, 6) is 0.313. The molecule has 0 aliphatic heterocycles. The molecule has 5 nitrogen and oxygen atoms in total. The van der Waals surface area contributed by atoms with Gasteiger partial charge in [0, 0.05) is 19.0 Å². The van der Waals surface area contributed by atoms with Gasteiger partial charge in [-0.25, -0.2) is 4.98 Å². The van der Waals surface area contributed by atoms with Crippen molar-refractivity contribution >= 4 is 11.7 Å². The van der Waals surface area contributed by atoms with Crippen LogP contribution >= 0.6 is 0 Å². The Morgan fingerprint density at radius 2 is 2.00 bits per heavy atom. The maximum Gasteiger partial charge on any atom is 0.222 e. The minimum absolute atomic E-state index is 0.155. The monoisotopic (exact) mass is 270 g/mol. The number of amides is 1. The quantitative estimate of drug-likeness (QED) is 0.925. The number of anilines is 1. The van der Waals surface area contributed by atoms with Crippen LogP contribution in [-0.2, 0) is 11.3 Å². The first-order chi connectivity index (χ1) is 9.56. The zero-order chi connectivity index (χ0) is 14.5. The highest BCUT2D eigenvalue weighted by Gasteiger charge is 2.08. The number of hydrogen-bond donors (Lipinski definition) is 1. The molecule has 0 saturated heterocycles. The molecule has 0 radical (unpaired) electrons. The van der Waals surface area contributed by atoms with Crippen LogP contribution in [0.15, 0.2) is 36.7 Å². The third kappa shape index (κ3) is 3.61. The van der Waals surface area contributed by atoms with E-state index in [9.17, 15) is 4.79 Å². The highest BCUT2D eigenvalue weighted by Crippen LogP contribution is 2.23. The van der Waals surface area contributed by atoms with Crippen molar-refractivity contribution in [2.75, 3.05) is 19.4 Å². The van der Waals surface area contributed by atoms with Crippen LogP contribution in [0.2, 0.25) is 0 Å². The minimum Gasteiger partial charge on any atom is -0.310 e. The molecular formula is C15H18N4O. The highest BCUT2D eigenvalue weighted by molar-refractivity contribution is 5.87. The summed E-state index contributed by atoms with van der Waals surface area (Å²) in [6.07, 6.45) is 3.25. The predicted molar refractivity (Wildman–Crippen MR) is 79.2 cm³/mol. The van der Waals surface area contributed by atoms with Gasteiger partial charge in [-0.1, -0.05) is 24.3 Å². The van der Waals surface area contributed by atoms with E-state index in [-0.39, 0.29) is 5.91 Å². The van der Waals surface area contributed by atoms with E-state index in [0.717, 1.165) is 17.8 Å². The summed E-state index contributed by atoms with van der Waals surface area (Å²) >= 11 is 0. The van der Waals surface area contributed by atoms with Crippen LogP contribution in [0.25, 0.3) is 11.3 Å². The average Bonchev–Trinajstić information content (AvgIpc) is 2.38. The summed E-state index contributed by atoms with van der Waals surface area (Å²) in [5.41, 5.74) is 2.96. The molecular weight excluding hydrogens is 252 g/mol. The van der Waals surface area contributed by atoms with Gasteiger partial charge in [0.2, 0.25) is 5.91 Å². The molecule has 1 heterocycles. The Morgan fingerprint density at radius 1 is 1.25 bits per heavy atom. The van der Waals surface area contributed by atoms with E-state index in [0.29, 0.717) is 5.82 Å². The van der Waals surface area contributed by atoms with Crippen LogP contribution in [0, 0.1) is 0 Å². The molecule has 0 unspecified atom stereocenters. The van der Waals surface area contributed by atoms with Gasteiger partial charge in [0.15, 0.2) is 5.82 Å². The van der Waals surface area contributed by atoms with Crippen LogP contribution in [0.5, 0.6) is 0 Å². The van der Waals surface area contributed by atoms with Gasteiger partial charge in [-0.3, -0.25) is 9.78 Å². The largest absolute Gasteiger partial charge is 0.310 e. The third-order valence-corrected chi connectivity index (χ3v) is 2.72. The van der Waals surface area contributed by atoms with E-state index in [1.54, 1.807) is 12.4 Å². The molecule has 0 aliphatic rings. The van der Waals surface area contributed by atoms with E-state index in [2.05, 4.69) is 26.3 Å². The summed E-state index contributed by atoms with van der Waals surface area (Å²) in [7, 11) is 4.05. The van der Waals surface area contributed by atoms with Crippen molar-refractivity contribution in [3.8, 4) is 11.3 Å². The van der Waals surface area contributed by atoms with Crippen LogP contribution in [0.4, 0.5) is 5.82 Å². The summed E-state index contributed by atoms with van der Waals surface area (Å²) in [5, 5.41) is 2.65. The maximum atomic E-state index is 11.1. The second kappa shape index (κ2) is 6.25. The van der Waals surface area contributed by atoms with Crippen molar-refractivity contribution in [2.24, 2.45) is 0 Å². The van der Waals surface area contributed by atoms with Crippen molar-refractivity contribution in [3.05, 3.63) is 42.2 Å². The van der Waals surface area contributed by atoms with Crippen LogP contribution in [0.3, 0.4) is 0 Å². The van der Waals surface area contributed by atoms with Crippen LogP contribution in [0.1, 0.15) is 12.5 Å². The van der Waals surface area contributed by atoms with Gasteiger partial charge < -0.3 is 10.2 Å². The van der Waals surface area contributed by atoms with Crippen LogP contribution in [-0.4, -0.2) is 34.9 Å². The fourth-order valence-electron chi connectivity index (χ4n) is 1.99. The molecule has 20 heavy (non-hydrogen) atoms. The molecule has 1 aromatic carbocycles. The summed E-state index contributed by atoms with van der Waals surface area (Å²) in [6.45, 7) is 2.27. The van der Waals surface area contributed by atoms with Crippen molar-refractivity contribution in [3.63, 3.8) is 0 Å². The molecule has 0 fully saturated rings. The maximum absolute atomic E-state index is 11.1. The molecule has 104 valence electrons. The Balaban J connectivity index is 2.38. The lowest BCUT2D eigenvalue weighted by Gasteiger charge is -2.14. The van der Waals surface area contributed by atoms with Crippen molar-refractivity contribution in [2.45, 2.75) is 13.5 Å². The molecule has 0 aliphatic carbocycles. The van der Waals surface area contributed by atoms with Gasteiger partial charge in [-0.2, -0.15) is 0 Å². The first-order valence-electron chi connectivity index (χ1n) is 6.39. The molecule has 1 aromatic heterocycles. The van der Waals surface area contributed by atoms with Gasteiger partial charge >= 0.3 is 0 Å². The molecule has 2 rings (SSSR count). The Kier molecular flexibility index (Phi) is 4.42. The van der Waals surface area contributed by atoms with E-state index in [1.807, 2.05) is 32.3 Å². The first kappa shape index (κ1) is 14.1. The molecule has 0 bridgehead atoms. The molecule has 0 saturated carbocycles. The minimum atomic E-state index is -0.155. The number of rotatable bonds is 4. The Hall–Kier alpha value is -2.27. The second-order valence-corrected chi connectivity index (χ2v) is 4.87. The van der Waals surface area contributed by atoms with Crippen molar-refractivity contribution < 1.29 is 4.79 Å². The van der Waals surface area contributed by atoms with Gasteiger partial charge in [0.05, 0.1) is 18.1 Å². The predicted octanol–water partition coefficient (Wildman–Crippen LogP) is 2.16. The SMILES string of the molecule is CC(=O)Nc1cncc(-c2ccccc2CN(C)C)n1. The molecule has 1 amide bonds. The van der Waals surface area contributed by atoms with Crippen molar-refractivity contribution in [1.82, 2.24) is 14.9 Å². The summed E-state index contributed by atoms with van der Waals surface area (Å²) < 4.78 is 0. The Morgan fingerprint density at radius 3 is 2.70 bits per heavy atom. The van der Waals surface area contributed by atoms with Crippen LogP contribution < -0.4 is 5.32 Å². The van der Waals surface area contributed by atoms with Gasteiger partial charge in [0.1, 0.15) is 0 Å². The number of carbonyl (C=O) groups excluding carboxylic acids is 1. The van der Waals surface area contributed by atoms with Crippen molar-refractivity contribution in [1.29, 1.82) is 0 Å². The Bertz CT molecular complexity index is 610. The Labute approximate surface area is 118 Å². The number of nitrogens with one attached hydrogen (secondary N) is 1. The fourth-order valence-corrected chi connectivity index (χ4v) is 1.99. The lowest BCUT2D eigenvalue weighted by molar-refractivity contribution is -0.114. The summed E-state index contributed by atoms with van der Waals surface area (Å²) in [4.78, 5) is 21.8. The number of carbonyl (C=O) groups is 1. The zero-order valence-corrected chi connectivity index (χ0v) is 11.9. The molecule has 0 spiro atoms. The highest BCUT2D eigenvalue weighted by atomic mass is 16.1. The molecule has 5 heteroatoms. The molecule has 0 atom stereocenters. The zero-order valence-electron chi connectivity index (χ0n) is 11.9. The lowest BCUT2D eigenvalue weighted by Crippen LogP contribution is -2.12. The van der Waals surface area contributed by atoms with Gasteiger partial charge in [0.25, 0.3) is 0 Å². The number of nitrogens with zero attached hydrogens (tertiary/aromatic N) is 3. The van der Waals surface area contributed by atoms with Gasteiger partial charge in [-0.15, -0.1) is 0 Å². The summed E-state index contributed by atoms with van der Waals surface area (Å²) in [6, 6.07) is 8.07. The average molecular weight is 270 g/mol. The van der Waals surface area contributed by atoms with Gasteiger partial charge in [-0.05, 0) is 19.7 Å². The number of benzene rings is 1. The van der Waals surface area contributed by atoms with E-state index in [4.69, 9.17) is 0 Å². The standard InChI is InChI=1S/C15H18N4O/c1-11(20)17-15-9-16-8-14(18-15)13-7-5-4-6-12(13)10-19(2)3/h4-9H,10H2,1-3H3,(H,17,18,20). The number of hydrogen-bond acceptors (Lipinski definition) is 4. The molecule has 2 aromatic rings. The van der Waals surface area contributed by atoms with E-state index >= 15 is 0 Å². The number of aromatic nitrogens is 2. The molecule has 1 N–H and O–H groups in total. The topological polar surface area (TPSA) is 58.1 Å². The third-order valence-electron chi connectivity index (χ3n) is 2.72. The fraction of sp³-hybridized carbons (Fsp3) is 0.267. The lowest BCUT2D eigenvalue weighted by atomic mass is 10.0. The van der Waals surface area contributed by atoms with E-state index < -0.39 is 0 Å². The second-order valence-electron chi connectivity index (χ2n) is 4.87. The van der Waals surface area contributed by atoms with E-state index in [1.165, 1.54) is 12.5 Å². The smallest absolute Gasteiger partial charge is 0.222 e. The normalized spacial score (nSPS) is 10.6.